The normalized spacial score (nSPS) is 17.8. The Morgan fingerprint density at radius 2 is 2.14 bits per heavy atom. The van der Waals surface area contributed by atoms with Crippen LogP contribution in [0.25, 0.3) is 10.2 Å². The molecule has 28 heavy (non-hydrogen) atoms. The minimum atomic E-state index is -0.201. The molecule has 150 valence electrons. The lowest BCUT2D eigenvalue weighted by Crippen LogP contribution is -2.44. The van der Waals surface area contributed by atoms with Crippen LogP contribution in [0, 0.1) is 0 Å². The Morgan fingerprint density at radius 1 is 1.32 bits per heavy atom. The zero-order chi connectivity index (χ0) is 19.9. The number of benzene rings is 1. The number of allylic oxidation sites excluding steroid dienone is 1. The Morgan fingerprint density at radius 3 is 2.93 bits per heavy atom. The zero-order valence-corrected chi connectivity index (χ0v) is 17.9. The third-order valence-electron chi connectivity index (χ3n) is 4.99. The van der Waals surface area contributed by atoms with Gasteiger partial charge in [0.05, 0.1) is 21.7 Å². The van der Waals surface area contributed by atoms with Gasteiger partial charge in [0.15, 0.2) is 4.80 Å². The van der Waals surface area contributed by atoms with Crippen molar-refractivity contribution in [3.05, 3.63) is 41.7 Å². The third-order valence-corrected chi connectivity index (χ3v) is 6.95. The lowest BCUT2D eigenvalue weighted by Gasteiger charge is -2.35. The van der Waals surface area contributed by atoms with Crippen LogP contribution in [0.5, 0.6) is 0 Å². The van der Waals surface area contributed by atoms with Crippen molar-refractivity contribution in [1.29, 1.82) is 0 Å². The number of thioether (sulfide) groups is 1. The van der Waals surface area contributed by atoms with E-state index in [4.69, 9.17) is 0 Å². The largest absolute Gasteiger partial charge is 0.339 e. The smallest absolute Gasteiger partial charge is 0.258 e. The summed E-state index contributed by atoms with van der Waals surface area (Å²) in [6.07, 6.45) is 6.18. The average Bonchev–Trinajstić information content (AvgIpc) is 3.05. The van der Waals surface area contributed by atoms with Crippen LogP contribution < -0.4 is 4.80 Å². The second-order valence-electron chi connectivity index (χ2n) is 6.89. The maximum atomic E-state index is 12.5. The number of rotatable bonds is 7. The first kappa shape index (κ1) is 20.9. The first-order valence-electron chi connectivity index (χ1n) is 9.78. The predicted octanol–water partition coefficient (Wildman–Crippen LogP) is 3.84. The Bertz CT molecular complexity index is 916. The highest BCUT2D eigenvalue weighted by molar-refractivity contribution is 8.00. The van der Waals surface area contributed by atoms with Crippen LogP contribution in [0.15, 0.2) is 41.9 Å². The topological polar surface area (TPSA) is 54.7 Å². The second kappa shape index (κ2) is 10.1. The van der Waals surface area contributed by atoms with E-state index in [-0.39, 0.29) is 17.6 Å². The SMILES string of the molecule is C=CCn1c(=NC(=O)CSCC(=O)N2CCCCC2CC)sc2ccccc21. The molecule has 1 fully saturated rings. The molecule has 1 saturated heterocycles. The van der Waals surface area contributed by atoms with Crippen molar-refractivity contribution < 1.29 is 9.59 Å². The van der Waals surface area contributed by atoms with Gasteiger partial charge in [0, 0.05) is 19.1 Å². The quantitative estimate of drug-likeness (QED) is 0.643. The van der Waals surface area contributed by atoms with Crippen LogP contribution in [0.2, 0.25) is 0 Å². The van der Waals surface area contributed by atoms with Gasteiger partial charge < -0.3 is 9.47 Å². The van der Waals surface area contributed by atoms with Crippen molar-refractivity contribution in [2.75, 3.05) is 18.1 Å². The summed E-state index contributed by atoms with van der Waals surface area (Å²) in [5.74, 6) is 0.510. The van der Waals surface area contributed by atoms with Crippen LogP contribution in [-0.4, -0.2) is 45.4 Å². The maximum absolute atomic E-state index is 12.5. The van der Waals surface area contributed by atoms with Crippen molar-refractivity contribution in [1.82, 2.24) is 9.47 Å². The van der Waals surface area contributed by atoms with Crippen molar-refractivity contribution in [3.8, 4) is 0 Å². The minimum Gasteiger partial charge on any atom is -0.339 e. The standard InChI is InChI=1S/C21H27N3O2S2/c1-3-12-24-17-10-5-6-11-18(17)28-21(24)22-19(25)14-27-15-20(26)23-13-8-7-9-16(23)4-2/h3,5-6,10-11,16H,1,4,7-9,12-15H2,2H3. The Kier molecular flexibility index (Phi) is 7.50. The number of carbonyl (C=O) groups excluding carboxylic acids is 2. The molecule has 1 aliphatic heterocycles. The number of hydrogen-bond donors (Lipinski definition) is 0. The summed E-state index contributed by atoms with van der Waals surface area (Å²) in [4.78, 5) is 31.9. The minimum absolute atomic E-state index is 0.146. The lowest BCUT2D eigenvalue weighted by molar-refractivity contribution is -0.132. The summed E-state index contributed by atoms with van der Waals surface area (Å²) in [7, 11) is 0. The molecule has 1 aliphatic rings. The van der Waals surface area contributed by atoms with Crippen LogP contribution in [-0.2, 0) is 16.1 Å². The zero-order valence-electron chi connectivity index (χ0n) is 16.3. The summed E-state index contributed by atoms with van der Waals surface area (Å²) >= 11 is 2.86. The van der Waals surface area contributed by atoms with E-state index in [2.05, 4.69) is 18.5 Å². The lowest BCUT2D eigenvalue weighted by atomic mass is 10.0. The van der Waals surface area contributed by atoms with Crippen LogP contribution in [0.3, 0.4) is 0 Å². The van der Waals surface area contributed by atoms with Gasteiger partial charge >= 0.3 is 0 Å². The summed E-state index contributed by atoms with van der Waals surface area (Å²) < 4.78 is 3.09. The monoisotopic (exact) mass is 417 g/mol. The first-order valence-corrected chi connectivity index (χ1v) is 11.7. The van der Waals surface area contributed by atoms with E-state index >= 15 is 0 Å². The summed E-state index contributed by atoms with van der Waals surface area (Å²) in [6.45, 7) is 7.39. The number of piperidine rings is 1. The highest BCUT2D eigenvalue weighted by Crippen LogP contribution is 2.21. The highest BCUT2D eigenvalue weighted by Gasteiger charge is 2.25. The Balaban J connectivity index is 1.62. The molecule has 7 heteroatoms. The molecule has 1 atom stereocenters. The van der Waals surface area contributed by atoms with Gasteiger partial charge in [-0.15, -0.1) is 18.3 Å². The number of fused-ring (bicyclic) bond motifs is 1. The van der Waals surface area contributed by atoms with Gasteiger partial charge in [0.1, 0.15) is 0 Å². The van der Waals surface area contributed by atoms with Gasteiger partial charge in [0.25, 0.3) is 5.91 Å². The molecule has 0 radical (unpaired) electrons. The summed E-state index contributed by atoms with van der Waals surface area (Å²) in [6, 6.07) is 8.37. The Hall–Kier alpha value is -1.86. The van der Waals surface area contributed by atoms with Gasteiger partial charge in [-0.25, -0.2) is 0 Å². The fourth-order valence-electron chi connectivity index (χ4n) is 3.61. The van der Waals surface area contributed by atoms with E-state index < -0.39 is 0 Å². The van der Waals surface area contributed by atoms with Gasteiger partial charge in [-0.2, -0.15) is 4.99 Å². The molecule has 0 bridgehead atoms. The van der Waals surface area contributed by atoms with Gasteiger partial charge in [-0.1, -0.05) is 36.5 Å². The number of carbonyl (C=O) groups is 2. The number of para-hydroxylation sites is 1. The van der Waals surface area contributed by atoms with Crippen LogP contribution in [0.1, 0.15) is 32.6 Å². The molecular formula is C21H27N3O2S2. The average molecular weight is 418 g/mol. The molecule has 2 aromatic rings. The molecule has 5 nitrogen and oxygen atoms in total. The second-order valence-corrected chi connectivity index (χ2v) is 8.89. The molecule has 1 aromatic heterocycles. The van der Waals surface area contributed by atoms with Crippen molar-refractivity contribution in [3.63, 3.8) is 0 Å². The van der Waals surface area contributed by atoms with Crippen LogP contribution >= 0.6 is 23.1 Å². The van der Waals surface area contributed by atoms with E-state index in [1.807, 2.05) is 33.7 Å². The van der Waals surface area contributed by atoms with Crippen molar-refractivity contribution in [2.24, 2.45) is 4.99 Å². The molecule has 0 saturated carbocycles. The highest BCUT2D eigenvalue weighted by atomic mass is 32.2. The van der Waals surface area contributed by atoms with Crippen LogP contribution in [0.4, 0.5) is 0 Å². The number of aromatic nitrogens is 1. The van der Waals surface area contributed by atoms with E-state index in [1.165, 1.54) is 29.5 Å². The molecule has 3 rings (SSSR count). The first-order chi connectivity index (χ1) is 13.6. The third kappa shape index (κ3) is 4.94. The number of amides is 2. The molecule has 0 N–H and O–H groups in total. The van der Waals surface area contributed by atoms with E-state index in [9.17, 15) is 9.59 Å². The fourth-order valence-corrected chi connectivity index (χ4v) is 5.35. The molecule has 2 heterocycles. The van der Waals surface area contributed by atoms with Crippen molar-refractivity contribution >= 4 is 45.1 Å². The fraction of sp³-hybridized carbons (Fsp3) is 0.476. The number of hydrogen-bond acceptors (Lipinski definition) is 4. The van der Waals surface area contributed by atoms with Gasteiger partial charge in [-0.05, 0) is 37.8 Å². The molecule has 1 aromatic carbocycles. The summed E-state index contributed by atoms with van der Waals surface area (Å²) in [5.41, 5.74) is 1.05. The summed E-state index contributed by atoms with van der Waals surface area (Å²) in [5, 5.41) is 0. The number of nitrogens with zero attached hydrogens (tertiary/aromatic N) is 3. The molecule has 1 unspecified atom stereocenters. The van der Waals surface area contributed by atoms with Gasteiger partial charge in [0.2, 0.25) is 5.91 Å². The molecule has 2 amide bonds. The number of thiazole rings is 1. The van der Waals surface area contributed by atoms with Gasteiger partial charge in [-0.3, -0.25) is 9.59 Å². The van der Waals surface area contributed by atoms with Crippen molar-refractivity contribution in [2.45, 2.75) is 45.2 Å². The predicted molar refractivity (Wildman–Crippen MR) is 118 cm³/mol. The van der Waals surface area contributed by atoms with E-state index in [1.54, 1.807) is 6.08 Å². The molecule has 0 aliphatic carbocycles. The van der Waals surface area contributed by atoms with E-state index in [0.717, 1.165) is 36.0 Å². The van der Waals surface area contributed by atoms with E-state index in [0.29, 0.717) is 23.1 Å². The maximum Gasteiger partial charge on any atom is 0.258 e. The Labute approximate surface area is 174 Å². The number of likely N-dealkylation sites (tertiary alicyclic amines) is 1. The molecular weight excluding hydrogens is 390 g/mol. The molecule has 0 spiro atoms.